The van der Waals surface area contributed by atoms with Crippen molar-refractivity contribution in [2.75, 3.05) is 13.2 Å². The maximum absolute atomic E-state index is 11.6. The number of ether oxygens (including phenoxy) is 1. The van der Waals surface area contributed by atoms with Crippen molar-refractivity contribution in [3.63, 3.8) is 0 Å². The summed E-state index contributed by atoms with van der Waals surface area (Å²) in [4.78, 5) is 22.5. The van der Waals surface area contributed by atoms with Gasteiger partial charge in [0.25, 0.3) is 0 Å². The largest absolute Gasteiger partial charge is 0.478 e. The van der Waals surface area contributed by atoms with Gasteiger partial charge in [-0.2, -0.15) is 0 Å². The maximum atomic E-state index is 11.6. The molecule has 0 saturated carbocycles. The van der Waals surface area contributed by atoms with Gasteiger partial charge in [-0.1, -0.05) is 25.5 Å². The van der Waals surface area contributed by atoms with Crippen LogP contribution in [0.5, 0.6) is 0 Å². The van der Waals surface area contributed by atoms with Crippen molar-refractivity contribution in [2.45, 2.75) is 39.5 Å². The number of carbonyl (C=O) groups is 2. The van der Waals surface area contributed by atoms with Crippen LogP contribution in [-0.2, 0) is 14.3 Å². The molecule has 0 heterocycles. The molecule has 0 aliphatic rings. The first-order valence-corrected chi connectivity index (χ1v) is 6.31. The van der Waals surface area contributed by atoms with E-state index in [2.05, 4.69) is 6.58 Å². The zero-order valence-electron chi connectivity index (χ0n) is 11.6. The van der Waals surface area contributed by atoms with Crippen LogP contribution < -0.4 is 0 Å². The van der Waals surface area contributed by atoms with Crippen LogP contribution in [0.25, 0.3) is 0 Å². The third-order valence-corrected chi connectivity index (χ3v) is 2.71. The number of hydrogen-bond acceptors (Lipinski definition) is 4. The van der Waals surface area contributed by atoms with Gasteiger partial charge in [0.2, 0.25) is 0 Å². The summed E-state index contributed by atoms with van der Waals surface area (Å²) in [6, 6.07) is 0. The average molecular weight is 270 g/mol. The van der Waals surface area contributed by atoms with E-state index >= 15 is 0 Å². The van der Waals surface area contributed by atoms with Gasteiger partial charge in [-0.15, -0.1) is 0 Å². The number of aliphatic hydroxyl groups excluding tert-OH is 1. The smallest absolute Gasteiger partial charge is 0.333 e. The van der Waals surface area contributed by atoms with Gasteiger partial charge in [0.1, 0.15) is 0 Å². The normalized spacial score (nSPS) is 11.7. The molecule has 0 aliphatic heterocycles. The predicted molar refractivity (Wildman–Crippen MR) is 71.7 cm³/mol. The van der Waals surface area contributed by atoms with Crippen molar-refractivity contribution >= 4 is 11.9 Å². The Balaban J connectivity index is 4.60. The number of unbranched alkanes of at least 4 members (excludes halogenated alkanes) is 1. The Hall–Kier alpha value is -1.62. The number of esters is 1. The molecule has 108 valence electrons. The minimum absolute atomic E-state index is 0.115. The Morgan fingerprint density at radius 2 is 1.95 bits per heavy atom. The molecule has 0 rings (SSSR count). The number of carboxylic acid groups (broad SMARTS) is 1. The van der Waals surface area contributed by atoms with E-state index in [1.165, 1.54) is 6.92 Å². The lowest BCUT2D eigenvalue weighted by molar-refractivity contribution is -0.139. The number of hydrogen-bond donors (Lipinski definition) is 2. The lowest BCUT2D eigenvalue weighted by atomic mass is 9.99. The van der Waals surface area contributed by atoms with E-state index in [-0.39, 0.29) is 30.6 Å². The molecule has 0 saturated heterocycles. The van der Waals surface area contributed by atoms with E-state index in [0.717, 1.165) is 12.8 Å². The minimum atomic E-state index is -1.06. The highest BCUT2D eigenvalue weighted by molar-refractivity contribution is 5.90. The summed E-state index contributed by atoms with van der Waals surface area (Å²) in [6.07, 6.45) is 2.03. The van der Waals surface area contributed by atoms with Gasteiger partial charge in [0.05, 0.1) is 6.61 Å². The van der Waals surface area contributed by atoms with Crippen molar-refractivity contribution in [3.8, 4) is 0 Å². The van der Waals surface area contributed by atoms with Gasteiger partial charge in [0.15, 0.2) is 0 Å². The van der Waals surface area contributed by atoms with E-state index in [1.54, 1.807) is 0 Å². The molecule has 19 heavy (non-hydrogen) atoms. The number of aliphatic hydroxyl groups is 1. The molecule has 0 spiro atoms. The first-order chi connectivity index (χ1) is 8.93. The molecule has 0 unspecified atom stereocenters. The third kappa shape index (κ3) is 6.76. The van der Waals surface area contributed by atoms with Crippen molar-refractivity contribution < 1.29 is 24.5 Å². The first kappa shape index (κ1) is 17.4. The van der Waals surface area contributed by atoms with Gasteiger partial charge in [-0.05, 0) is 19.8 Å². The molecule has 0 aromatic rings. The summed E-state index contributed by atoms with van der Waals surface area (Å²) < 4.78 is 4.99. The summed E-state index contributed by atoms with van der Waals surface area (Å²) in [6.45, 7) is 7.22. The SMILES string of the molecule is C=C(CC(CCO)=C(C)C(=O)O)C(=O)OCCCC. The molecular formula is C14H22O5. The van der Waals surface area contributed by atoms with Crippen LogP contribution in [0.15, 0.2) is 23.3 Å². The third-order valence-electron chi connectivity index (χ3n) is 2.71. The second kappa shape index (κ2) is 9.33. The molecular weight excluding hydrogens is 248 g/mol. The molecule has 0 radical (unpaired) electrons. The van der Waals surface area contributed by atoms with E-state index in [4.69, 9.17) is 14.9 Å². The molecule has 0 bridgehead atoms. The lowest BCUT2D eigenvalue weighted by Crippen LogP contribution is -2.11. The molecule has 0 aromatic heterocycles. The van der Waals surface area contributed by atoms with Crippen LogP contribution in [0.1, 0.15) is 39.5 Å². The quantitative estimate of drug-likeness (QED) is 0.380. The number of carbonyl (C=O) groups excluding carboxylic acids is 1. The Labute approximate surface area is 113 Å². The van der Waals surface area contributed by atoms with Gasteiger partial charge in [0, 0.05) is 24.2 Å². The van der Waals surface area contributed by atoms with E-state index in [1.807, 2.05) is 6.92 Å². The average Bonchev–Trinajstić information content (AvgIpc) is 2.37. The Kier molecular flexibility index (Phi) is 8.53. The number of rotatable bonds is 9. The zero-order valence-corrected chi connectivity index (χ0v) is 11.6. The highest BCUT2D eigenvalue weighted by atomic mass is 16.5. The fraction of sp³-hybridized carbons (Fsp3) is 0.571. The van der Waals surface area contributed by atoms with Gasteiger partial charge in [-0.25, -0.2) is 9.59 Å². The molecule has 0 aliphatic carbocycles. The van der Waals surface area contributed by atoms with Crippen molar-refractivity contribution in [3.05, 3.63) is 23.3 Å². The minimum Gasteiger partial charge on any atom is -0.478 e. The van der Waals surface area contributed by atoms with Crippen molar-refractivity contribution in [1.82, 2.24) is 0 Å². The monoisotopic (exact) mass is 270 g/mol. The van der Waals surface area contributed by atoms with E-state index < -0.39 is 11.9 Å². The number of carboxylic acids is 1. The Bertz CT molecular complexity index is 368. The lowest BCUT2D eigenvalue weighted by Gasteiger charge is -2.11. The van der Waals surface area contributed by atoms with Crippen LogP contribution in [0.2, 0.25) is 0 Å². The van der Waals surface area contributed by atoms with Gasteiger partial charge < -0.3 is 14.9 Å². The summed E-state index contributed by atoms with van der Waals surface area (Å²) in [7, 11) is 0. The van der Waals surface area contributed by atoms with Crippen LogP contribution in [-0.4, -0.2) is 35.4 Å². The molecule has 0 aromatic carbocycles. The molecule has 0 atom stereocenters. The van der Waals surface area contributed by atoms with E-state index in [0.29, 0.717) is 12.2 Å². The first-order valence-electron chi connectivity index (χ1n) is 6.31. The Morgan fingerprint density at radius 1 is 1.32 bits per heavy atom. The summed E-state index contributed by atoms with van der Waals surface area (Å²) in [5.41, 5.74) is 0.837. The second-order valence-corrected chi connectivity index (χ2v) is 4.28. The Morgan fingerprint density at radius 3 is 2.42 bits per heavy atom. The zero-order chi connectivity index (χ0) is 14.8. The molecule has 5 nitrogen and oxygen atoms in total. The fourth-order valence-corrected chi connectivity index (χ4v) is 1.44. The highest BCUT2D eigenvalue weighted by Gasteiger charge is 2.15. The molecule has 5 heteroatoms. The second-order valence-electron chi connectivity index (χ2n) is 4.28. The maximum Gasteiger partial charge on any atom is 0.333 e. The highest BCUT2D eigenvalue weighted by Crippen LogP contribution is 2.18. The van der Waals surface area contributed by atoms with Gasteiger partial charge in [-0.3, -0.25) is 0 Å². The van der Waals surface area contributed by atoms with Crippen LogP contribution in [0, 0.1) is 0 Å². The predicted octanol–water partition coefficient (Wildman–Crippen LogP) is 2.06. The summed E-state index contributed by atoms with van der Waals surface area (Å²) in [5.74, 6) is -1.57. The van der Waals surface area contributed by atoms with Crippen molar-refractivity contribution in [2.24, 2.45) is 0 Å². The van der Waals surface area contributed by atoms with E-state index in [9.17, 15) is 9.59 Å². The fourth-order valence-electron chi connectivity index (χ4n) is 1.44. The standard InChI is InChI=1S/C14H22O5/c1-4-5-8-19-14(18)10(2)9-12(6-7-15)11(3)13(16)17/h15H,2,4-9H2,1,3H3,(H,16,17). The summed E-state index contributed by atoms with van der Waals surface area (Å²) in [5, 5.41) is 17.8. The summed E-state index contributed by atoms with van der Waals surface area (Å²) >= 11 is 0. The van der Waals surface area contributed by atoms with Crippen LogP contribution in [0.4, 0.5) is 0 Å². The van der Waals surface area contributed by atoms with Gasteiger partial charge >= 0.3 is 11.9 Å². The number of aliphatic carboxylic acids is 1. The van der Waals surface area contributed by atoms with Crippen LogP contribution in [0.3, 0.4) is 0 Å². The topological polar surface area (TPSA) is 83.8 Å². The molecule has 0 amide bonds. The van der Waals surface area contributed by atoms with Crippen LogP contribution >= 0.6 is 0 Å². The molecule has 2 N–H and O–H groups in total. The van der Waals surface area contributed by atoms with Crippen molar-refractivity contribution in [1.29, 1.82) is 0 Å². The molecule has 0 fully saturated rings.